The van der Waals surface area contributed by atoms with Crippen molar-refractivity contribution in [1.82, 2.24) is 15.5 Å². The van der Waals surface area contributed by atoms with Gasteiger partial charge in [-0.15, -0.1) is 10.2 Å². The molecule has 0 spiro atoms. The Kier molecular flexibility index (Phi) is 7.39. The van der Waals surface area contributed by atoms with Crippen molar-refractivity contribution in [3.63, 3.8) is 0 Å². The number of halogens is 2. The number of anilines is 2. The monoisotopic (exact) mass is 496 g/mol. The Morgan fingerprint density at radius 2 is 2.03 bits per heavy atom. The predicted molar refractivity (Wildman–Crippen MR) is 130 cm³/mol. The molecule has 10 heteroatoms. The Morgan fingerprint density at radius 3 is 2.78 bits per heavy atom. The maximum absolute atomic E-state index is 14.5. The molecule has 1 aromatic heterocycles. The molecule has 1 aromatic carbocycles. The lowest BCUT2D eigenvalue weighted by molar-refractivity contribution is -0.115. The van der Waals surface area contributed by atoms with Gasteiger partial charge in [-0.1, -0.05) is 0 Å². The number of hydrogen-bond donors (Lipinski definition) is 3. The van der Waals surface area contributed by atoms with E-state index in [1.165, 1.54) is 12.5 Å². The van der Waals surface area contributed by atoms with Crippen LogP contribution in [0, 0.1) is 40.7 Å². The number of hydrogen-bond acceptors (Lipinski definition) is 7. The average molecular weight is 497 g/mol. The Labute approximate surface area is 208 Å². The van der Waals surface area contributed by atoms with Crippen LogP contribution in [0.3, 0.4) is 0 Å². The second-order valence-electron chi connectivity index (χ2n) is 10.0. The standard InChI is InChI=1S/C26H30F2N6O2/c27-21-13-18(32-25(35)3-6-29)12-20(26(21)28)22-1-2-24(34-33-22)31-17-10-16-14-30-23(19(16)11-17)9-15-4-7-36-8-5-15/h1-2,12-13,15-17,19,23,30H,3-5,7-11,14H2,(H,31,34)(H,32,35)/t16-,17+,19+,23+/m1/s1. The molecule has 2 aliphatic heterocycles. The maximum Gasteiger partial charge on any atom is 0.238 e. The van der Waals surface area contributed by atoms with E-state index in [9.17, 15) is 13.6 Å². The van der Waals surface area contributed by atoms with Crippen molar-refractivity contribution in [1.29, 1.82) is 5.26 Å². The SMILES string of the molecule is N#CCC(=O)Nc1cc(F)c(F)c(-c2ccc(N[C@H]3C[C@@H]4CN[C@@H](CC5CCOCC5)[C@H]4C3)nn2)c1. The van der Waals surface area contributed by atoms with Gasteiger partial charge in [-0.05, 0) is 74.6 Å². The molecule has 2 aromatic rings. The molecule has 3 fully saturated rings. The fourth-order valence-corrected chi connectivity index (χ4v) is 5.94. The van der Waals surface area contributed by atoms with E-state index in [1.54, 1.807) is 18.2 Å². The van der Waals surface area contributed by atoms with Gasteiger partial charge in [0.15, 0.2) is 11.6 Å². The van der Waals surface area contributed by atoms with Gasteiger partial charge in [0.2, 0.25) is 5.91 Å². The number of rotatable bonds is 7. The highest BCUT2D eigenvalue weighted by Crippen LogP contribution is 2.41. The third-order valence-corrected chi connectivity index (χ3v) is 7.68. The van der Waals surface area contributed by atoms with E-state index < -0.39 is 17.5 Å². The summed E-state index contributed by atoms with van der Waals surface area (Å²) in [4.78, 5) is 11.7. The molecule has 0 radical (unpaired) electrons. The van der Waals surface area contributed by atoms with Gasteiger partial charge >= 0.3 is 0 Å². The molecular weight excluding hydrogens is 466 g/mol. The normalized spacial score (nSPS) is 25.8. The van der Waals surface area contributed by atoms with Gasteiger partial charge in [-0.2, -0.15) is 5.26 Å². The molecule has 5 rings (SSSR count). The van der Waals surface area contributed by atoms with Crippen molar-refractivity contribution < 1.29 is 18.3 Å². The van der Waals surface area contributed by atoms with Crippen molar-refractivity contribution in [2.45, 2.75) is 50.6 Å². The molecule has 8 nitrogen and oxygen atoms in total. The zero-order valence-corrected chi connectivity index (χ0v) is 20.0. The summed E-state index contributed by atoms with van der Waals surface area (Å²) in [7, 11) is 0. The Bertz CT molecular complexity index is 1130. The van der Waals surface area contributed by atoms with Gasteiger partial charge in [0.05, 0.1) is 11.8 Å². The average Bonchev–Trinajstić information content (AvgIpc) is 3.43. The minimum absolute atomic E-state index is 0.0505. The molecule has 1 amide bonds. The summed E-state index contributed by atoms with van der Waals surface area (Å²) < 4.78 is 34.1. The third-order valence-electron chi connectivity index (χ3n) is 7.68. The number of carbonyl (C=O) groups is 1. The number of nitrogens with zero attached hydrogens (tertiary/aromatic N) is 3. The zero-order valence-electron chi connectivity index (χ0n) is 20.0. The van der Waals surface area contributed by atoms with E-state index in [0.29, 0.717) is 29.7 Å². The van der Waals surface area contributed by atoms with Gasteiger partial charge in [-0.3, -0.25) is 4.79 Å². The number of nitriles is 1. The quantitative estimate of drug-likeness (QED) is 0.534. The van der Waals surface area contributed by atoms with Crippen molar-refractivity contribution >= 4 is 17.4 Å². The van der Waals surface area contributed by atoms with Crippen LogP contribution in [-0.4, -0.2) is 47.9 Å². The zero-order chi connectivity index (χ0) is 25.1. The van der Waals surface area contributed by atoms with Crippen molar-refractivity contribution in [3.8, 4) is 17.3 Å². The summed E-state index contributed by atoms with van der Waals surface area (Å²) in [6.45, 7) is 2.80. The van der Waals surface area contributed by atoms with Gasteiger partial charge in [0.25, 0.3) is 0 Å². The van der Waals surface area contributed by atoms with Crippen LogP contribution in [0.1, 0.15) is 38.5 Å². The summed E-state index contributed by atoms with van der Waals surface area (Å²) in [6.07, 6.45) is 5.26. The van der Waals surface area contributed by atoms with Crippen LogP contribution >= 0.6 is 0 Å². The van der Waals surface area contributed by atoms with Crippen LogP contribution in [0.15, 0.2) is 24.3 Å². The third kappa shape index (κ3) is 5.47. The number of fused-ring (bicyclic) bond motifs is 1. The first-order valence-corrected chi connectivity index (χ1v) is 12.6. The smallest absolute Gasteiger partial charge is 0.238 e. The highest BCUT2D eigenvalue weighted by atomic mass is 19.2. The number of amides is 1. The van der Waals surface area contributed by atoms with Crippen molar-refractivity contribution in [2.75, 3.05) is 30.4 Å². The molecule has 2 saturated heterocycles. The highest BCUT2D eigenvalue weighted by molar-refractivity contribution is 5.92. The molecule has 3 aliphatic rings. The van der Waals surface area contributed by atoms with Gasteiger partial charge in [-0.25, -0.2) is 8.78 Å². The van der Waals surface area contributed by atoms with Crippen LogP contribution in [0.5, 0.6) is 0 Å². The molecular formula is C26H30F2N6O2. The van der Waals surface area contributed by atoms with Gasteiger partial charge < -0.3 is 20.7 Å². The molecule has 1 saturated carbocycles. The van der Waals surface area contributed by atoms with Crippen molar-refractivity contribution in [3.05, 3.63) is 35.9 Å². The van der Waals surface area contributed by atoms with E-state index >= 15 is 0 Å². The Balaban J connectivity index is 1.21. The maximum atomic E-state index is 14.5. The minimum atomic E-state index is -1.12. The highest BCUT2D eigenvalue weighted by Gasteiger charge is 2.43. The van der Waals surface area contributed by atoms with E-state index in [2.05, 4.69) is 26.1 Å². The summed E-state index contributed by atoms with van der Waals surface area (Å²) in [6, 6.07) is 8.02. The molecule has 1 aliphatic carbocycles. The summed E-state index contributed by atoms with van der Waals surface area (Å²) >= 11 is 0. The van der Waals surface area contributed by atoms with Crippen LogP contribution in [0.2, 0.25) is 0 Å². The minimum Gasteiger partial charge on any atom is -0.381 e. The summed E-state index contributed by atoms with van der Waals surface area (Å²) in [5.74, 6) is -0.170. The van der Waals surface area contributed by atoms with E-state index in [1.807, 2.05) is 0 Å². The number of nitrogens with one attached hydrogen (secondary N) is 3. The molecule has 4 atom stereocenters. The lowest BCUT2D eigenvalue weighted by Crippen LogP contribution is -2.33. The second-order valence-corrected chi connectivity index (χ2v) is 10.0. The molecule has 0 bridgehead atoms. The Morgan fingerprint density at radius 1 is 1.19 bits per heavy atom. The van der Waals surface area contributed by atoms with Crippen LogP contribution in [0.4, 0.5) is 20.3 Å². The molecule has 3 N–H and O–H groups in total. The first kappa shape index (κ1) is 24.5. The predicted octanol–water partition coefficient (Wildman–Crippen LogP) is 3.87. The molecule has 190 valence electrons. The lowest BCUT2D eigenvalue weighted by Gasteiger charge is -2.27. The molecule has 3 heterocycles. The van der Waals surface area contributed by atoms with E-state index in [0.717, 1.165) is 57.4 Å². The molecule has 0 unspecified atom stereocenters. The van der Waals surface area contributed by atoms with Crippen LogP contribution < -0.4 is 16.0 Å². The fraction of sp³-hybridized carbons (Fsp3) is 0.538. The number of ether oxygens (including phenoxy) is 1. The van der Waals surface area contributed by atoms with E-state index in [4.69, 9.17) is 10.00 Å². The summed E-state index contributed by atoms with van der Waals surface area (Å²) in [5.41, 5.74) is 0.0886. The van der Waals surface area contributed by atoms with Gasteiger partial charge in [0, 0.05) is 42.6 Å². The first-order chi connectivity index (χ1) is 17.5. The van der Waals surface area contributed by atoms with Crippen LogP contribution in [-0.2, 0) is 9.53 Å². The first-order valence-electron chi connectivity index (χ1n) is 12.6. The van der Waals surface area contributed by atoms with Crippen LogP contribution in [0.25, 0.3) is 11.3 Å². The lowest BCUT2D eigenvalue weighted by atomic mass is 9.85. The molecule has 36 heavy (non-hydrogen) atoms. The second kappa shape index (κ2) is 10.8. The number of carbonyl (C=O) groups excluding carboxylic acids is 1. The topological polar surface area (TPSA) is 112 Å². The van der Waals surface area contributed by atoms with Crippen molar-refractivity contribution in [2.24, 2.45) is 17.8 Å². The number of benzene rings is 1. The fourth-order valence-electron chi connectivity index (χ4n) is 5.94. The summed E-state index contributed by atoms with van der Waals surface area (Å²) in [5, 5.41) is 26.5. The van der Waals surface area contributed by atoms with E-state index in [-0.39, 0.29) is 23.4 Å². The Hall–Kier alpha value is -3.16. The largest absolute Gasteiger partial charge is 0.381 e. The van der Waals surface area contributed by atoms with Gasteiger partial charge in [0.1, 0.15) is 12.2 Å². The number of aromatic nitrogens is 2.